The van der Waals surface area contributed by atoms with E-state index in [1.807, 2.05) is 0 Å². The Morgan fingerprint density at radius 2 is 2.00 bits per heavy atom. The zero-order valence-electron chi connectivity index (χ0n) is 9.56. The third-order valence-electron chi connectivity index (χ3n) is 2.56. The first kappa shape index (κ1) is 11.3. The standard InChI is InChI=1S/C13H21N/c1-4-8-14-10-13-9-12(5-2)7-6-11(13)3/h6-7,9,14H,4-5,8,10H2,1-3H3. The van der Waals surface area contributed by atoms with Crippen molar-refractivity contribution < 1.29 is 0 Å². The van der Waals surface area contributed by atoms with Crippen LogP contribution in [0, 0.1) is 6.92 Å². The van der Waals surface area contributed by atoms with Crippen molar-refractivity contribution in [2.75, 3.05) is 6.54 Å². The SMILES string of the molecule is CCCNCc1cc(CC)ccc1C. The summed E-state index contributed by atoms with van der Waals surface area (Å²) in [5, 5.41) is 3.44. The van der Waals surface area contributed by atoms with Gasteiger partial charge >= 0.3 is 0 Å². The minimum atomic E-state index is 1.01. The summed E-state index contributed by atoms with van der Waals surface area (Å²) in [7, 11) is 0. The van der Waals surface area contributed by atoms with Crippen LogP contribution in [0.2, 0.25) is 0 Å². The highest BCUT2D eigenvalue weighted by molar-refractivity contribution is 5.31. The number of rotatable bonds is 5. The molecule has 0 aliphatic rings. The van der Waals surface area contributed by atoms with Gasteiger partial charge in [-0.25, -0.2) is 0 Å². The fraction of sp³-hybridized carbons (Fsp3) is 0.538. The van der Waals surface area contributed by atoms with Gasteiger partial charge in [-0.15, -0.1) is 0 Å². The molecule has 0 radical (unpaired) electrons. The highest BCUT2D eigenvalue weighted by Gasteiger charge is 1.98. The fourth-order valence-electron chi connectivity index (χ4n) is 1.54. The van der Waals surface area contributed by atoms with E-state index in [2.05, 4.69) is 44.3 Å². The van der Waals surface area contributed by atoms with E-state index in [1.165, 1.54) is 23.1 Å². The molecule has 0 aliphatic carbocycles. The van der Waals surface area contributed by atoms with Gasteiger partial charge in [0.25, 0.3) is 0 Å². The minimum absolute atomic E-state index is 1.01. The Bertz CT molecular complexity index is 279. The van der Waals surface area contributed by atoms with E-state index in [9.17, 15) is 0 Å². The van der Waals surface area contributed by atoms with Gasteiger partial charge in [0.15, 0.2) is 0 Å². The lowest BCUT2D eigenvalue weighted by atomic mass is 10.0. The van der Waals surface area contributed by atoms with Crippen molar-refractivity contribution in [2.45, 2.75) is 40.2 Å². The molecule has 0 fully saturated rings. The number of aryl methyl sites for hydroxylation is 2. The third kappa shape index (κ3) is 3.15. The normalized spacial score (nSPS) is 10.5. The van der Waals surface area contributed by atoms with Gasteiger partial charge in [-0.3, -0.25) is 0 Å². The Labute approximate surface area is 87.5 Å². The van der Waals surface area contributed by atoms with Crippen molar-refractivity contribution in [3.05, 3.63) is 34.9 Å². The third-order valence-corrected chi connectivity index (χ3v) is 2.56. The lowest BCUT2D eigenvalue weighted by Crippen LogP contribution is -2.14. The van der Waals surface area contributed by atoms with Crippen molar-refractivity contribution in [3.8, 4) is 0 Å². The number of benzene rings is 1. The maximum atomic E-state index is 3.44. The van der Waals surface area contributed by atoms with Crippen LogP contribution in [0.15, 0.2) is 18.2 Å². The highest BCUT2D eigenvalue weighted by atomic mass is 14.8. The summed E-state index contributed by atoms with van der Waals surface area (Å²) in [5.74, 6) is 0. The van der Waals surface area contributed by atoms with E-state index < -0.39 is 0 Å². The van der Waals surface area contributed by atoms with Crippen LogP contribution in [0.1, 0.15) is 37.0 Å². The van der Waals surface area contributed by atoms with E-state index in [0.29, 0.717) is 0 Å². The molecule has 1 aromatic rings. The van der Waals surface area contributed by atoms with Crippen molar-refractivity contribution >= 4 is 0 Å². The molecule has 0 aromatic heterocycles. The molecule has 0 heterocycles. The molecular formula is C13H21N. The fourth-order valence-corrected chi connectivity index (χ4v) is 1.54. The largest absolute Gasteiger partial charge is 0.313 e. The molecule has 0 saturated heterocycles. The Morgan fingerprint density at radius 3 is 2.64 bits per heavy atom. The summed E-state index contributed by atoms with van der Waals surface area (Å²) < 4.78 is 0. The Morgan fingerprint density at radius 1 is 1.21 bits per heavy atom. The minimum Gasteiger partial charge on any atom is -0.313 e. The van der Waals surface area contributed by atoms with Crippen LogP contribution in [0.25, 0.3) is 0 Å². The van der Waals surface area contributed by atoms with Crippen molar-refractivity contribution in [2.24, 2.45) is 0 Å². The molecule has 78 valence electrons. The second kappa shape index (κ2) is 5.82. The van der Waals surface area contributed by atoms with Crippen LogP contribution < -0.4 is 5.32 Å². The highest BCUT2D eigenvalue weighted by Crippen LogP contribution is 2.11. The van der Waals surface area contributed by atoms with Crippen LogP contribution >= 0.6 is 0 Å². The monoisotopic (exact) mass is 191 g/mol. The summed E-state index contributed by atoms with van der Waals surface area (Å²) >= 11 is 0. The zero-order valence-corrected chi connectivity index (χ0v) is 9.56. The second-order valence-electron chi connectivity index (χ2n) is 3.79. The van der Waals surface area contributed by atoms with Gasteiger partial charge < -0.3 is 5.32 Å². The molecular weight excluding hydrogens is 170 g/mol. The first-order chi connectivity index (χ1) is 6.77. The summed E-state index contributed by atoms with van der Waals surface area (Å²) in [6.45, 7) is 8.70. The second-order valence-corrected chi connectivity index (χ2v) is 3.79. The first-order valence-corrected chi connectivity index (χ1v) is 5.57. The quantitative estimate of drug-likeness (QED) is 0.705. The van der Waals surface area contributed by atoms with Gasteiger partial charge in [-0.1, -0.05) is 32.0 Å². The average Bonchev–Trinajstić information content (AvgIpc) is 2.21. The summed E-state index contributed by atoms with van der Waals surface area (Å²) in [4.78, 5) is 0. The predicted molar refractivity (Wildman–Crippen MR) is 62.6 cm³/mol. The topological polar surface area (TPSA) is 12.0 Å². The number of hydrogen-bond donors (Lipinski definition) is 1. The van der Waals surface area contributed by atoms with Gasteiger partial charge in [0.1, 0.15) is 0 Å². The van der Waals surface area contributed by atoms with Gasteiger partial charge in [0.2, 0.25) is 0 Å². The molecule has 1 heteroatoms. The smallest absolute Gasteiger partial charge is 0.0208 e. The molecule has 1 N–H and O–H groups in total. The average molecular weight is 191 g/mol. The maximum Gasteiger partial charge on any atom is 0.0208 e. The molecule has 0 saturated carbocycles. The lowest BCUT2D eigenvalue weighted by molar-refractivity contribution is 0.673. The molecule has 0 amide bonds. The Kier molecular flexibility index (Phi) is 4.68. The van der Waals surface area contributed by atoms with Crippen molar-refractivity contribution in [1.29, 1.82) is 0 Å². The molecule has 0 bridgehead atoms. The lowest BCUT2D eigenvalue weighted by Gasteiger charge is -2.08. The van der Waals surface area contributed by atoms with Crippen LogP contribution in [-0.2, 0) is 13.0 Å². The molecule has 14 heavy (non-hydrogen) atoms. The number of nitrogens with one attached hydrogen (secondary N) is 1. The zero-order chi connectivity index (χ0) is 10.4. The van der Waals surface area contributed by atoms with Gasteiger partial charge in [0.05, 0.1) is 0 Å². The van der Waals surface area contributed by atoms with Gasteiger partial charge in [0, 0.05) is 6.54 Å². The maximum absolute atomic E-state index is 3.44. The van der Waals surface area contributed by atoms with E-state index in [0.717, 1.165) is 19.5 Å². The van der Waals surface area contributed by atoms with E-state index in [4.69, 9.17) is 0 Å². The van der Waals surface area contributed by atoms with Crippen LogP contribution in [0.4, 0.5) is 0 Å². The Balaban J connectivity index is 2.64. The van der Waals surface area contributed by atoms with Gasteiger partial charge in [-0.05, 0) is 43.0 Å². The predicted octanol–water partition coefficient (Wildman–Crippen LogP) is 3.06. The molecule has 0 aliphatic heterocycles. The van der Waals surface area contributed by atoms with E-state index in [-0.39, 0.29) is 0 Å². The summed E-state index contributed by atoms with van der Waals surface area (Å²) in [5.41, 5.74) is 4.27. The molecule has 0 unspecified atom stereocenters. The molecule has 0 atom stereocenters. The van der Waals surface area contributed by atoms with E-state index in [1.54, 1.807) is 0 Å². The van der Waals surface area contributed by atoms with Crippen LogP contribution in [-0.4, -0.2) is 6.54 Å². The Hall–Kier alpha value is -0.820. The molecule has 1 aromatic carbocycles. The van der Waals surface area contributed by atoms with Crippen molar-refractivity contribution in [3.63, 3.8) is 0 Å². The molecule has 1 nitrogen and oxygen atoms in total. The van der Waals surface area contributed by atoms with Crippen molar-refractivity contribution in [1.82, 2.24) is 5.32 Å². The van der Waals surface area contributed by atoms with Gasteiger partial charge in [-0.2, -0.15) is 0 Å². The summed E-state index contributed by atoms with van der Waals surface area (Å²) in [6, 6.07) is 6.76. The first-order valence-electron chi connectivity index (χ1n) is 5.57. The molecule has 1 rings (SSSR count). The summed E-state index contributed by atoms with van der Waals surface area (Å²) in [6.07, 6.45) is 2.33. The number of hydrogen-bond acceptors (Lipinski definition) is 1. The van der Waals surface area contributed by atoms with Crippen LogP contribution in [0.5, 0.6) is 0 Å². The van der Waals surface area contributed by atoms with Crippen LogP contribution in [0.3, 0.4) is 0 Å². The molecule has 0 spiro atoms. The van der Waals surface area contributed by atoms with E-state index >= 15 is 0 Å².